The number of benzene rings is 1. The van der Waals surface area contributed by atoms with Gasteiger partial charge in [0.2, 0.25) is 11.8 Å². The summed E-state index contributed by atoms with van der Waals surface area (Å²) < 4.78 is 0. The van der Waals surface area contributed by atoms with E-state index in [1.807, 2.05) is 50.8 Å². The number of likely N-dealkylation sites (N-methyl/N-ethyl adjacent to an activating group) is 2. The first-order valence-corrected chi connectivity index (χ1v) is 8.72. The van der Waals surface area contributed by atoms with Crippen molar-refractivity contribution in [3.63, 3.8) is 0 Å². The molecular formula is C19H31N3O2. The molecule has 0 fully saturated rings. The van der Waals surface area contributed by atoms with Crippen molar-refractivity contribution in [3.05, 3.63) is 29.3 Å². The Morgan fingerprint density at radius 1 is 1.17 bits per heavy atom. The van der Waals surface area contributed by atoms with E-state index in [0.717, 1.165) is 16.8 Å². The van der Waals surface area contributed by atoms with Crippen molar-refractivity contribution in [3.8, 4) is 0 Å². The Morgan fingerprint density at radius 3 is 2.38 bits per heavy atom. The van der Waals surface area contributed by atoms with Gasteiger partial charge in [0.15, 0.2) is 0 Å². The van der Waals surface area contributed by atoms with E-state index in [-0.39, 0.29) is 24.4 Å². The van der Waals surface area contributed by atoms with Crippen LogP contribution in [-0.4, -0.2) is 42.4 Å². The molecule has 0 heterocycles. The lowest BCUT2D eigenvalue weighted by molar-refractivity contribution is -0.125. The van der Waals surface area contributed by atoms with Gasteiger partial charge >= 0.3 is 0 Å². The van der Waals surface area contributed by atoms with Crippen molar-refractivity contribution < 1.29 is 9.59 Å². The van der Waals surface area contributed by atoms with Crippen LogP contribution in [0, 0.1) is 6.92 Å². The number of hydrogen-bond donors (Lipinski definition) is 2. The average Bonchev–Trinajstić information content (AvgIpc) is 2.53. The highest BCUT2D eigenvalue weighted by atomic mass is 16.2. The molecule has 5 nitrogen and oxygen atoms in total. The number of rotatable bonds is 8. The summed E-state index contributed by atoms with van der Waals surface area (Å²) in [5, 5.41) is 5.84. The second-order valence-electron chi connectivity index (χ2n) is 6.38. The van der Waals surface area contributed by atoms with E-state index in [1.165, 1.54) is 0 Å². The van der Waals surface area contributed by atoms with Crippen LogP contribution in [0.25, 0.3) is 0 Å². The highest BCUT2D eigenvalue weighted by Gasteiger charge is 2.23. The molecule has 0 aliphatic heterocycles. The van der Waals surface area contributed by atoms with Crippen molar-refractivity contribution in [1.82, 2.24) is 10.2 Å². The normalized spacial score (nSPS) is 12.3. The van der Waals surface area contributed by atoms with Gasteiger partial charge in [-0.15, -0.1) is 0 Å². The van der Waals surface area contributed by atoms with Crippen LogP contribution in [0.5, 0.6) is 0 Å². The van der Waals surface area contributed by atoms with Gasteiger partial charge in [-0.1, -0.05) is 39.0 Å². The highest BCUT2D eigenvalue weighted by molar-refractivity contribution is 5.96. The zero-order chi connectivity index (χ0) is 18.3. The summed E-state index contributed by atoms with van der Waals surface area (Å²) in [6, 6.07) is 5.68. The number of aryl methyl sites for hydroxylation is 1. The van der Waals surface area contributed by atoms with Crippen LogP contribution in [0.3, 0.4) is 0 Å². The van der Waals surface area contributed by atoms with E-state index < -0.39 is 0 Å². The zero-order valence-electron chi connectivity index (χ0n) is 15.8. The molecular weight excluding hydrogens is 302 g/mol. The van der Waals surface area contributed by atoms with Gasteiger partial charge < -0.3 is 10.6 Å². The molecule has 0 spiro atoms. The van der Waals surface area contributed by atoms with Crippen molar-refractivity contribution in [2.24, 2.45) is 0 Å². The van der Waals surface area contributed by atoms with E-state index in [0.29, 0.717) is 19.0 Å². The maximum Gasteiger partial charge on any atom is 0.241 e. The molecule has 1 aromatic rings. The molecule has 0 unspecified atom stereocenters. The summed E-state index contributed by atoms with van der Waals surface area (Å²) in [4.78, 5) is 26.4. The lowest BCUT2D eigenvalue weighted by Gasteiger charge is -2.27. The molecule has 134 valence electrons. The predicted octanol–water partition coefficient (Wildman–Crippen LogP) is 2.90. The number of carbonyl (C=O) groups is 2. The van der Waals surface area contributed by atoms with Crippen LogP contribution in [0.1, 0.15) is 51.7 Å². The summed E-state index contributed by atoms with van der Waals surface area (Å²) in [7, 11) is 0. The van der Waals surface area contributed by atoms with Gasteiger partial charge in [-0.05, 0) is 44.4 Å². The smallest absolute Gasteiger partial charge is 0.241 e. The highest BCUT2D eigenvalue weighted by Crippen LogP contribution is 2.27. The number of nitrogens with one attached hydrogen (secondary N) is 2. The lowest BCUT2D eigenvalue weighted by Crippen LogP contribution is -2.47. The zero-order valence-corrected chi connectivity index (χ0v) is 15.8. The molecule has 5 heteroatoms. The van der Waals surface area contributed by atoms with Crippen molar-refractivity contribution in [2.45, 2.75) is 53.5 Å². The van der Waals surface area contributed by atoms with Crippen LogP contribution >= 0.6 is 0 Å². The standard InChI is InChI=1S/C19H31N3O2/c1-7-20-17(23)12-22(8-2)15(6)19(24)21-18-14(5)10-9-11-16(18)13(3)4/h9-11,13,15H,7-8,12H2,1-6H3,(H,20,23)(H,21,24)/t15-/m0/s1. The van der Waals surface area contributed by atoms with Crippen molar-refractivity contribution >= 4 is 17.5 Å². The summed E-state index contributed by atoms with van der Waals surface area (Å²) in [6.45, 7) is 13.4. The minimum Gasteiger partial charge on any atom is -0.355 e. The molecule has 2 N–H and O–H groups in total. The van der Waals surface area contributed by atoms with E-state index in [4.69, 9.17) is 0 Å². The van der Waals surface area contributed by atoms with Crippen LogP contribution in [-0.2, 0) is 9.59 Å². The fraction of sp³-hybridized carbons (Fsp3) is 0.579. The van der Waals surface area contributed by atoms with Crippen molar-refractivity contribution in [1.29, 1.82) is 0 Å². The first kappa shape index (κ1) is 20.2. The molecule has 1 aromatic carbocycles. The molecule has 24 heavy (non-hydrogen) atoms. The number of carbonyl (C=O) groups excluding carboxylic acids is 2. The van der Waals surface area contributed by atoms with E-state index in [2.05, 4.69) is 24.5 Å². The largest absolute Gasteiger partial charge is 0.355 e. The second-order valence-corrected chi connectivity index (χ2v) is 6.38. The van der Waals surface area contributed by atoms with Gasteiger partial charge in [-0.2, -0.15) is 0 Å². The lowest BCUT2D eigenvalue weighted by atomic mass is 9.98. The minimum absolute atomic E-state index is 0.0576. The second kappa shape index (κ2) is 9.42. The molecule has 0 aromatic heterocycles. The van der Waals surface area contributed by atoms with Gasteiger partial charge in [-0.25, -0.2) is 0 Å². The topological polar surface area (TPSA) is 61.4 Å². The summed E-state index contributed by atoms with van der Waals surface area (Å²) in [6.07, 6.45) is 0. The average molecular weight is 333 g/mol. The van der Waals surface area contributed by atoms with Gasteiger partial charge in [-0.3, -0.25) is 14.5 Å². The summed E-state index contributed by atoms with van der Waals surface area (Å²) in [5.41, 5.74) is 3.06. The Balaban J connectivity index is 2.88. The van der Waals surface area contributed by atoms with E-state index in [1.54, 1.807) is 0 Å². The van der Waals surface area contributed by atoms with Crippen LogP contribution in [0.15, 0.2) is 18.2 Å². The first-order valence-electron chi connectivity index (χ1n) is 8.72. The Morgan fingerprint density at radius 2 is 1.83 bits per heavy atom. The number of hydrogen-bond acceptors (Lipinski definition) is 3. The molecule has 0 saturated carbocycles. The maximum absolute atomic E-state index is 12.7. The first-order chi connectivity index (χ1) is 11.3. The number of nitrogens with zero attached hydrogens (tertiary/aromatic N) is 1. The predicted molar refractivity (Wildman–Crippen MR) is 99.3 cm³/mol. The van der Waals surface area contributed by atoms with Gasteiger partial charge in [0.25, 0.3) is 0 Å². The minimum atomic E-state index is -0.378. The molecule has 0 aliphatic rings. The third-order valence-electron chi connectivity index (χ3n) is 4.23. The van der Waals surface area contributed by atoms with E-state index in [9.17, 15) is 9.59 Å². The Bertz CT molecular complexity index is 570. The molecule has 0 bridgehead atoms. The number of amides is 2. The number of anilines is 1. The van der Waals surface area contributed by atoms with E-state index >= 15 is 0 Å². The quantitative estimate of drug-likeness (QED) is 0.769. The van der Waals surface area contributed by atoms with Gasteiger partial charge in [0.05, 0.1) is 12.6 Å². The third-order valence-corrected chi connectivity index (χ3v) is 4.23. The Hall–Kier alpha value is -1.88. The van der Waals surface area contributed by atoms with Gasteiger partial charge in [0.1, 0.15) is 0 Å². The third kappa shape index (κ3) is 5.34. The SMILES string of the molecule is CCNC(=O)CN(CC)[C@@H](C)C(=O)Nc1c(C)cccc1C(C)C. The van der Waals surface area contributed by atoms with Crippen molar-refractivity contribution in [2.75, 3.05) is 25.0 Å². The monoisotopic (exact) mass is 333 g/mol. The Kier molecular flexibility index (Phi) is 7.92. The summed E-state index contributed by atoms with van der Waals surface area (Å²) >= 11 is 0. The molecule has 1 atom stereocenters. The maximum atomic E-state index is 12.7. The molecule has 1 rings (SSSR count). The number of para-hydroxylation sites is 1. The molecule has 0 radical (unpaired) electrons. The van der Waals surface area contributed by atoms with Gasteiger partial charge in [0, 0.05) is 12.2 Å². The molecule has 2 amide bonds. The molecule has 0 saturated heterocycles. The fourth-order valence-electron chi connectivity index (χ4n) is 2.70. The molecule has 0 aliphatic carbocycles. The van der Waals surface area contributed by atoms with Crippen LogP contribution < -0.4 is 10.6 Å². The van der Waals surface area contributed by atoms with Crippen LogP contribution in [0.2, 0.25) is 0 Å². The fourth-order valence-corrected chi connectivity index (χ4v) is 2.70. The Labute approximate surface area is 145 Å². The van der Waals surface area contributed by atoms with Crippen LogP contribution in [0.4, 0.5) is 5.69 Å². The summed E-state index contributed by atoms with van der Waals surface area (Å²) in [5.74, 6) is 0.184.